The van der Waals surface area contributed by atoms with Gasteiger partial charge in [0.2, 0.25) is 0 Å². The molecule has 0 aromatic heterocycles. The largest absolute Gasteiger partial charge is 0.483 e. The molecule has 1 atom stereocenters. The molecule has 0 bridgehead atoms. The van der Waals surface area contributed by atoms with E-state index in [-0.39, 0.29) is 24.8 Å². The van der Waals surface area contributed by atoms with Crippen LogP contribution in [0.5, 0.6) is 5.75 Å². The highest BCUT2D eigenvalue weighted by atomic mass is 19.1. The Morgan fingerprint density at radius 1 is 1.12 bits per heavy atom. The van der Waals surface area contributed by atoms with Gasteiger partial charge >= 0.3 is 6.09 Å². The lowest BCUT2D eigenvalue weighted by atomic mass is 10.1. The van der Waals surface area contributed by atoms with Crippen molar-refractivity contribution in [3.63, 3.8) is 0 Å². The van der Waals surface area contributed by atoms with Crippen molar-refractivity contribution < 1.29 is 23.5 Å². The van der Waals surface area contributed by atoms with E-state index in [4.69, 9.17) is 9.47 Å². The molecule has 1 amide bonds. The maximum atomic E-state index is 12.9. The predicted octanol–water partition coefficient (Wildman–Crippen LogP) is 3.18. The molecule has 0 aliphatic carbocycles. The highest BCUT2D eigenvalue weighted by molar-refractivity contribution is 5.89. The van der Waals surface area contributed by atoms with Crippen LogP contribution in [0.25, 0.3) is 0 Å². The smallest absolute Gasteiger partial charge is 0.410 e. The topological polar surface area (TPSA) is 55.8 Å². The Hall–Kier alpha value is -2.89. The lowest BCUT2D eigenvalue weighted by Gasteiger charge is -2.30. The molecule has 0 spiro atoms. The molecule has 2 aromatic rings. The SMILES string of the molecule is O=C1CN(C(=O)OCc2ccccc2)CCC1Oc1ccc(F)cc1. The number of hydrogen-bond acceptors (Lipinski definition) is 4. The minimum Gasteiger partial charge on any atom is -0.483 e. The average Bonchev–Trinajstić information content (AvgIpc) is 2.64. The Labute approximate surface area is 145 Å². The zero-order valence-corrected chi connectivity index (χ0v) is 13.6. The highest BCUT2D eigenvalue weighted by Gasteiger charge is 2.31. The predicted molar refractivity (Wildman–Crippen MR) is 88.6 cm³/mol. The zero-order chi connectivity index (χ0) is 17.6. The molecule has 1 unspecified atom stereocenters. The van der Waals surface area contributed by atoms with E-state index >= 15 is 0 Å². The van der Waals surface area contributed by atoms with Gasteiger partial charge in [-0.05, 0) is 29.8 Å². The highest BCUT2D eigenvalue weighted by Crippen LogP contribution is 2.18. The third kappa shape index (κ3) is 4.56. The summed E-state index contributed by atoms with van der Waals surface area (Å²) in [5.41, 5.74) is 0.886. The number of Topliss-reactive ketones (excluding diaryl/α,β-unsaturated/α-hetero) is 1. The van der Waals surface area contributed by atoms with Crippen LogP contribution < -0.4 is 4.74 Å². The number of carbonyl (C=O) groups is 2. The summed E-state index contributed by atoms with van der Waals surface area (Å²) in [6.07, 6.45) is -0.780. The van der Waals surface area contributed by atoms with Crippen molar-refractivity contribution in [2.24, 2.45) is 0 Å². The fourth-order valence-corrected chi connectivity index (χ4v) is 2.57. The first kappa shape index (κ1) is 17.0. The molecular formula is C19H18FNO4. The first-order valence-corrected chi connectivity index (χ1v) is 8.02. The van der Waals surface area contributed by atoms with Crippen molar-refractivity contribution in [3.8, 4) is 5.75 Å². The molecule has 0 saturated carbocycles. The maximum absolute atomic E-state index is 12.9. The average molecular weight is 343 g/mol. The molecule has 130 valence electrons. The molecule has 25 heavy (non-hydrogen) atoms. The minimum atomic E-state index is -0.636. The molecule has 1 heterocycles. The third-order valence-corrected chi connectivity index (χ3v) is 3.92. The third-order valence-electron chi connectivity index (χ3n) is 3.92. The Balaban J connectivity index is 1.50. The number of ketones is 1. The molecule has 1 saturated heterocycles. The number of benzene rings is 2. The van der Waals surface area contributed by atoms with Gasteiger partial charge in [-0.15, -0.1) is 0 Å². The number of nitrogens with zero attached hydrogens (tertiary/aromatic N) is 1. The quantitative estimate of drug-likeness (QED) is 0.856. The van der Waals surface area contributed by atoms with Crippen LogP contribution in [0.2, 0.25) is 0 Å². The van der Waals surface area contributed by atoms with E-state index in [2.05, 4.69) is 0 Å². The molecule has 2 aromatic carbocycles. The van der Waals surface area contributed by atoms with Gasteiger partial charge in [0.25, 0.3) is 0 Å². The van der Waals surface area contributed by atoms with Crippen LogP contribution >= 0.6 is 0 Å². The van der Waals surface area contributed by atoms with E-state index in [9.17, 15) is 14.0 Å². The summed E-state index contributed by atoms with van der Waals surface area (Å²) in [5, 5.41) is 0. The second-order valence-electron chi connectivity index (χ2n) is 5.78. The van der Waals surface area contributed by atoms with E-state index in [0.29, 0.717) is 18.7 Å². The summed E-state index contributed by atoms with van der Waals surface area (Å²) >= 11 is 0. The van der Waals surface area contributed by atoms with Crippen LogP contribution in [-0.4, -0.2) is 36.0 Å². The van der Waals surface area contributed by atoms with Crippen molar-refractivity contribution in [2.45, 2.75) is 19.1 Å². The number of rotatable bonds is 4. The van der Waals surface area contributed by atoms with E-state index in [1.54, 1.807) is 0 Å². The van der Waals surface area contributed by atoms with Gasteiger partial charge in [0.15, 0.2) is 11.9 Å². The van der Waals surface area contributed by atoms with Crippen LogP contribution in [-0.2, 0) is 16.1 Å². The molecule has 5 nitrogen and oxygen atoms in total. The number of carbonyl (C=O) groups excluding carboxylic acids is 2. The summed E-state index contributed by atoms with van der Waals surface area (Å²) in [7, 11) is 0. The van der Waals surface area contributed by atoms with Crippen LogP contribution in [0.1, 0.15) is 12.0 Å². The first-order valence-electron chi connectivity index (χ1n) is 8.02. The molecule has 1 aliphatic heterocycles. The Bertz CT molecular complexity index is 733. The molecule has 0 radical (unpaired) electrons. The standard InChI is InChI=1S/C19H18FNO4/c20-15-6-8-16(9-7-15)25-18-10-11-21(12-17(18)22)19(23)24-13-14-4-2-1-3-5-14/h1-9,18H,10-13H2. The van der Waals surface area contributed by atoms with Gasteiger partial charge in [0.05, 0.1) is 6.54 Å². The van der Waals surface area contributed by atoms with Gasteiger partial charge < -0.3 is 14.4 Å². The summed E-state index contributed by atoms with van der Waals surface area (Å²) in [6.45, 7) is 0.477. The normalized spacial score (nSPS) is 17.2. The van der Waals surface area contributed by atoms with Crippen LogP contribution in [0.3, 0.4) is 0 Å². The fourth-order valence-electron chi connectivity index (χ4n) is 2.57. The van der Waals surface area contributed by atoms with Gasteiger partial charge in [0.1, 0.15) is 18.2 Å². The maximum Gasteiger partial charge on any atom is 0.410 e. The van der Waals surface area contributed by atoms with E-state index in [0.717, 1.165) is 5.56 Å². The molecule has 6 heteroatoms. The molecule has 0 N–H and O–H groups in total. The minimum absolute atomic E-state index is 0.0561. The van der Waals surface area contributed by atoms with E-state index < -0.39 is 12.2 Å². The lowest BCUT2D eigenvalue weighted by Crippen LogP contribution is -2.48. The van der Waals surface area contributed by atoms with Crippen molar-refractivity contribution >= 4 is 11.9 Å². The van der Waals surface area contributed by atoms with Crippen molar-refractivity contribution in [1.82, 2.24) is 4.90 Å². The summed E-state index contributed by atoms with van der Waals surface area (Å²) in [4.78, 5) is 25.7. The summed E-state index contributed by atoms with van der Waals surface area (Å²) in [5.74, 6) is -0.137. The van der Waals surface area contributed by atoms with E-state index in [1.807, 2.05) is 30.3 Å². The number of ether oxygens (including phenoxy) is 2. The molecule has 1 fully saturated rings. The fraction of sp³-hybridized carbons (Fsp3) is 0.263. The Morgan fingerprint density at radius 3 is 2.52 bits per heavy atom. The van der Waals surface area contributed by atoms with Crippen LogP contribution in [0, 0.1) is 5.82 Å². The van der Waals surface area contributed by atoms with Crippen molar-refractivity contribution in [3.05, 3.63) is 66.0 Å². The number of likely N-dealkylation sites (tertiary alicyclic amines) is 1. The molecular weight excluding hydrogens is 325 g/mol. The van der Waals surface area contributed by atoms with Gasteiger partial charge in [0, 0.05) is 13.0 Å². The second-order valence-corrected chi connectivity index (χ2v) is 5.78. The number of hydrogen-bond donors (Lipinski definition) is 0. The monoisotopic (exact) mass is 343 g/mol. The van der Waals surface area contributed by atoms with Gasteiger partial charge in [-0.25, -0.2) is 9.18 Å². The van der Waals surface area contributed by atoms with E-state index in [1.165, 1.54) is 29.2 Å². The number of halogens is 1. The molecule has 3 rings (SSSR count). The summed E-state index contributed by atoms with van der Waals surface area (Å²) in [6, 6.07) is 14.8. The zero-order valence-electron chi connectivity index (χ0n) is 13.6. The first-order chi connectivity index (χ1) is 12.1. The Kier molecular flexibility index (Phi) is 5.28. The number of amides is 1. The van der Waals surface area contributed by atoms with Crippen molar-refractivity contribution in [2.75, 3.05) is 13.1 Å². The van der Waals surface area contributed by atoms with Gasteiger partial charge in [-0.1, -0.05) is 30.3 Å². The van der Waals surface area contributed by atoms with Crippen molar-refractivity contribution in [1.29, 1.82) is 0 Å². The van der Waals surface area contributed by atoms with Gasteiger partial charge in [-0.3, -0.25) is 4.79 Å². The molecule has 1 aliphatic rings. The van der Waals surface area contributed by atoms with Crippen LogP contribution in [0.15, 0.2) is 54.6 Å². The summed E-state index contributed by atoms with van der Waals surface area (Å²) < 4.78 is 23.7. The van der Waals surface area contributed by atoms with Crippen LogP contribution in [0.4, 0.5) is 9.18 Å². The Morgan fingerprint density at radius 2 is 1.84 bits per heavy atom. The number of piperidine rings is 1. The second kappa shape index (κ2) is 7.79. The lowest BCUT2D eigenvalue weighted by molar-refractivity contribution is -0.129. The van der Waals surface area contributed by atoms with Gasteiger partial charge in [-0.2, -0.15) is 0 Å².